The monoisotopic (exact) mass is 203 g/mol. The average Bonchev–Trinajstić information content (AvgIpc) is 2.31. The highest BCUT2D eigenvalue weighted by Gasteiger charge is 2.13. The zero-order valence-corrected chi connectivity index (χ0v) is 10.2. The molecule has 0 spiro atoms. The maximum atomic E-state index is 2.37. The van der Waals surface area contributed by atoms with Crippen LogP contribution in [0.15, 0.2) is 30.3 Å². The summed E-state index contributed by atoms with van der Waals surface area (Å²) in [5, 5.41) is 0. The third kappa shape index (κ3) is 4.07. The van der Waals surface area contributed by atoms with Gasteiger partial charge in [0.25, 0.3) is 0 Å². The van der Waals surface area contributed by atoms with Crippen molar-refractivity contribution in [3.63, 3.8) is 0 Å². The third-order valence-electron chi connectivity index (χ3n) is 3.41. The lowest BCUT2D eigenvalue weighted by atomic mass is 9.85. The Balaban J connectivity index is 2.41. The first kappa shape index (κ1) is 12.3. The summed E-state index contributed by atoms with van der Waals surface area (Å²) in [5.41, 5.74) is 1.47. The van der Waals surface area contributed by atoms with Gasteiger partial charge in [0.1, 0.15) is 0 Å². The summed E-state index contributed by atoms with van der Waals surface area (Å²) >= 11 is 0. The van der Waals surface area contributed by atoms with E-state index in [-0.39, 0.29) is 0 Å². The highest BCUT2D eigenvalue weighted by Crippen LogP contribution is 2.23. The van der Waals surface area contributed by atoms with E-state index in [4.69, 9.17) is 0 Å². The molecule has 0 saturated heterocycles. The second-order valence-corrected chi connectivity index (χ2v) is 4.41. The van der Waals surface area contributed by atoms with E-state index >= 15 is 0 Å². The molecular weight excluding hydrogens is 180 g/mol. The van der Waals surface area contributed by atoms with Gasteiger partial charge in [-0.15, -0.1) is 0 Å². The normalized spacial score (nSPS) is 14.9. The van der Waals surface area contributed by atoms with Crippen LogP contribution < -0.4 is 0 Å². The Morgan fingerprint density at radius 2 is 1.87 bits per heavy atom. The molecule has 0 bridgehead atoms. The molecule has 2 unspecified atom stereocenters. The van der Waals surface area contributed by atoms with Gasteiger partial charge in [-0.2, -0.15) is 0 Å². The fourth-order valence-corrected chi connectivity index (χ4v) is 2.06. The largest absolute Gasteiger partial charge is 0.0651 e. The fourth-order valence-electron chi connectivity index (χ4n) is 2.06. The van der Waals surface area contributed by atoms with Crippen molar-refractivity contribution in [3.8, 4) is 0 Å². The second-order valence-electron chi connectivity index (χ2n) is 4.41. The SMILES string of the molecule is C[CH]C(CCc1ccccc1)C(C)CC. The first-order valence-electron chi connectivity index (χ1n) is 6.11. The summed E-state index contributed by atoms with van der Waals surface area (Å²) in [6.45, 7) is 6.83. The van der Waals surface area contributed by atoms with Crippen molar-refractivity contribution < 1.29 is 0 Å². The lowest BCUT2D eigenvalue weighted by Gasteiger charge is -2.21. The molecule has 0 nitrogen and oxygen atoms in total. The lowest BCUT2D eigenvalue weighted by molar-refractivity contribution is 0.371. The van der Waals surface area contributed by atoms with Gasteiger partial charge < -0.3 is 0 Å². The van der Waals surface area contributed by atoms with Gasteiger partial charge in [0, 0.05) is 0 Å². The number of rotatable bonds is 6. The van der Waals surface area contributed by atoms with Crippen LogP contribution in [0.3, 0.4) is 0 Å². The van der Waals surface area contributed by atoms with Crippen LogP contribution in [0.1, 0.15) is 39.2 Å². The van der Waals surface area contributed by atoms with Gasteiger partial charge in [0.05, 0.1) is 0 Å². The second kappa shape index (κ2) is 6.66. The van der Waals surface area contributed by atoms with Gasteiger partial charge in [-0.05, 0) is 36.7 Å². The zero-order chi connectivity index (χ0) is 11.1. The molecule has 0 N–H and O–H groups in total. The Morgan fingerprint density at radius 3 is 2.40 bits per heavy atom. The smallest absolute Gasteiger partial charge is 0.0276 e. The van der Waals surface area contributed by atoms with Crippen molar-refractivity contribution in [2.24, 2.45) is 11.8 Å². The van der Waals surface area contributed by atoms with E-state index in [9.17, 15) is 0 Å². The summed E-state index contributed by atoms with van der Waals surface area (Å²) in [5.74, 6) is 1.59. The molecule has 2 atom stereocenters. The van der Waals surface area contributed by atoms with E-state index in [0.29, 0.717) is 0 Å². The van der Waals surface area contributed by atoms with Crippen LogP contribution in [0, 0.1) is 18.3 Å². The third-order valence-corrected chi connectivity index (χ3v) is 3.41. The molecule has 0 aliphatic heterocycles. The van der Waals surface area contributed by atoms with Crippen molar-refractivity contribution in [1.82, 2.24) is 0 Å². The molecule has 0 amide bonds. The number of hydrogen-bond acceptors (Lipinski definition) is 0. The molecule has 1 radical (unpaired) electrons. The van der Waals surface area contributed by atoms with E-state index in [2.05, 4.69) is 57.5 Å². The zero-order valence-electron chi connectivity index (χ0n) is 10.2. The van der Waals surface area contributed by atoms with Crippen molar-refractivity contribution >= 4 is 0 Å². The van der Waals surface area contributed by atoms with Crippen LogP contribution in [0.5, 0.6) is 0 Å². The molecule has 0 aliphatic rings. The maximum Gasteiger partial charge on any atom is -0.0276 e. The minimum absolute atomic E-state index is 0.773. The van der Waals surface area contributed by atoms with Crippen LogP contribution in [0.4, 0.5) is 0 Å². The van der Waals surface area contributed by atoms with Crippen molar-refractivity contribution in [1.29, 1.82) is 0 Å². The van der Waals surface area contributed by atoms with Crippen molar-refractivity contribution in [2.75, 3.05) is 0 Å². The molecule has 0 saturated carbocycles. The molecule has 0 heterocycles. The van der Waals surface area contributed by atoms with Gasteiger partial charge in [-0.25, -0.2) is 0 Å². The summed E-state index contributed by atoms with van der Waals surface area (Å²) in [7, 11) is 0. The van der Waals surface area contributed by atoms with Gasteiger partial charge in [0.2, 0.25) is 0 Å². The van der Waals surface area contributed by atoms with E-state index in [1.54, 1.807) is 0 Å². The standard InChI is InChI=1S/C15H23/c1-4-13(3)15(5-2)12-11-14-9-7-6-8-10-14/h5-10,13,15H,4,11-12H2,1-3H3. The Labute approximate surface area is 94.7 Å². The summed E-state index contributed by atoms with van der Waals surface area (Å²) < 4.78 is 0. The molecule has 83 valence electrons. The van der Waals surface area contributed by atoms with E-state index < -0.39 is 0 Å². The molecule has 0 aromatic heterocycles. The Kier molecular flexibility index (Phi) is 5.45. The summed E-state index contributed by atoms with van der Waals surface area (Å²) in [4.78, 5) is 0. The highest BCUT2D eigenvalue weighted by molar-refractivity contribution is 5.14. The van der Waals surface area contributed by atoms with Crippen LogP contribution in [0.2, 0.25) is 0 Å². The minimum atomic E-state index is 0.773. The summed E-state index contributed by atoms with van der Waals surface area (Å²) in [6.07, 6.45) is 6.15. The predicted octanol–water partition coefficient (Wildman–Crippen LogP) is 4.51. The quantitative estimate of drug-likeness (QED) is 0.638. The molecule has 0 fully saturated rings. The molecule has 1 aromatic rings. The first-order valence-corrected chi connectivity index (χ1v) is 6.11. The van der Waals surface area contributed by atoms with E-state index in [1.807, 2.05) is 0 Å². The minimum Gasteiger partial charge on any atom is -0.0651 e. The number of benzene rings is 1. The Hall–Kier alpha value is -0.780. The predicted molar refractivity (Wildman–Crippen MR) is 67.7 cm³/mol. The number of hydrogen-bond donors (Lipinski definition) is 0. The number of aryl methyl sites for hydroxylation is 1. The van der Waals surface area contributed by atoms with Gasteiger partial charge >= 0.3 is 0 Å². The molecule has 0 heteroatoms. The maximum absolute atomic E-state index is 2.37. The van der Waals surface area contributed by atoms with E-state index in [0.717, 1.165) is 11.8 Å². The van der Waals surface area contributed by atoms with Crippen LogP contribution in [-0.4, -0.2) is 0 Å². The topological polar surface area (TPSA) is 0 Å². The van der Waals surface area contributed by atoms with Crippen LogP contribution >= 0.6 is 0 Å². The van der Waals surface area contributed by atoms with Crippen molar-refractivity contribution in [3.05, 3.63) is 42.3 Å². The van der Waals surface area contributed by atoms with Crippen molar-refractivity contribution in [2.45, 2.75) is 40.0 Å². The molecule has 0 aliphatic carbocycles. The molecular formula is C15H23. The van der Waals surface area contributed by atoms with Crippen LogP contribution in [0.25, 0.3) is 0 Å². The molecule has 1 aromatic carbocycles. The first-order chi connectivity index (χ1) is 7.27. The van der Waals surface area contributed by atoms with Crippen LogP contribution in [-0.2, 0) is 6.42 Å². The Morgan fingerprint density at radius 1 is 1.20 bits per heavy atom. The highest BCUT2D eigenvalue weighted by atomic mass is 14.2. The average molecular weight is 203 g/mol. The van der Waals surface area contributed by atoms with E-state index in [1.165, 1.54) is 24.8 Å². The fraction of sp³-hybridized carbons (Fsp3) is 0.533. The molecule has 1 rings (SSSR count). The van der Waals surface area contributed by atoms with Gasteiger partial charge in [-0.3, -0.25) is 0 Å². The van der Waals surface area contributed by atoms with Gasteiger partial charge in [-0.1, -0.05) is 57.5 Å². The van der Waals surface area contributed by atoms with Gasteiger partial charge in [0.15, 0.2) is 0 Å². The molecule has 15 heavy (non-hydrogen) atoms. The Bertz CT molecular complexity index is 250. The summed E-state index contributed by atoms with van der Waals surface area (Å²) in [6, 6.07) is 10.8. The lowest BCUT2D eigenvalue weighted by Crippen LogP contribution is -2.11.